The number of hydrogen-bond donors (Lipinski definition) is 2. The third-order valence-corrected chi connectivity index (χ3v) is 8.19. The van der Waals surface area contributed by atoms with Crippen molar-refractivity contribution in [1.29, 1.82) is 0 Å². The van der Waals surface area contributed by atoms with Crippen molar-refractivity contribution in [2.75, 3.05) is 0 Å². The summed E-state index contributed by atoms with van der Waals surface area (Å²) >= 11 is 0. The summed E-state index contributed by atoms with van der Waals surface area (Å²) in [5.74, 6) is -2.09. The van der Waals surface area contributed by atoms with Crippen LogP contribution < -0.4 is 5.30 Å². The minimum Gasteiger partial charge on any atom is -0.481 e. The second-order valence-electron chi connectivity index (χ2n) is 7.80. The van der Waals surface area contributed by atoms with Crippen LogP contribution in [0.1, 0.15) is 50.5 Å². The monoisotopic (exact) mass is 424 g/mol. The van der Waals surface area contributed by atoms with E-state index in [9.17, 15) is 19.4 Å². The Hall–Kier alpha value is -2.42. The largest absolute Gasteiger partial charge is 0.481 e. The van der Waals surface area contributed by atoms with E-state index in [0.717, 1.165) is 36.5 Å². The second kappa shape index (κ2) is 10.1. The summed E-state index contributed by atoms with van der Waals surface area (Å²) in [6, 6.07) is 21.7. The summed E-state index contributed by atoms with van der Waals surface area (Å²) in [6.45, 7) is 2.10. The van der Waals surface area contributed by atoms with Crippen LogP contribution in [0.15, 0.2) is 72.8 Å². The first-order chi connectivity index (χ1) is 14.4. The molecule has 5 heteroatoms. The molecule has 0 bridgehead atoms. The molecular formula is C25H29O4P. The van der Waals surface area contributed by atoms with Gasteiger partial charge in [-0.2, -0.15) is 0 Å². The number of fused-ring (bicyclic) bond motifs is 1. The number of carboxylic acids is 1. The Balaban J connectivity index is 2.04. The Labute approximate surface area is 178 Å². The van der Waals surface area contributed by atoms with Gasteiger partial charge in [0.2, 0.25) is 7.37 Å². The van der Waals surface area contributed by atoms with E-state index in [1.807, 2.05) is 36.4 Å². The molecule has 0 aliphatic heterocycles. The lowest BCUT2D eigenvalue weighted by molar-refractivity contribution is -0.139. The highest BCUT2D eigenvalue weighted by Crippen LogP contribution is 2.53. The third-order valence-electron chi connectivity index (χ3n) is 5.72. The zero-order valence-electron chi connectivity index (χ0n) is 17.3. The molecule has 0 amide bonds. The Bertz CT molecular complexity index is 1030. The maximum atomic E-state index is 13.8. The minimum atomic E-state index is -3.96. The Morgan fingerprint density at radius 1 is 0.900 bits per heavy atom. The molecular weight excluding hydrogens is 395 g/mol. The Morgan fingerprint density at radius 2 is 1.57 bits per heavy atom. The van der Waals surface area contributed by atoms with Crippen LogP contribution in [0.3, 0.4) is 0 Å². The standard InChI is InChI=1S/C25H29O4P/c1-2-3-4-8-15-23(24(25(26)27)20-12-6-5-7-13-20)30(28,29)22-17-16-19-11-9-10-14-21(19)18-22/h5-7,9-14,16-18,23-24H,2-4,8,15H2,1H3,(H,26,27)(H,28,29). The molecule has 3 aromatic rings. The maximum Gasteiger partial charge on any atom is 0.311 e. The van der Waals surface area contributed by atoms with Crippen molar-refractivity contribution in [2.45, 2.75) is 50.6 Å². The SMILES string of the molecule is CCCCCCC(C(C(=O)O)c1ccccc1)P(=O)(O)c1ccc2ccccc2c1. The number of rotatable bonds is 10. The van der Waals surface area contributed by atoms with Crippen LogP contribution in [0.25, 0.3) is 10.8 Å². The van der Waals surface area contributed by atoms with Crippen molar-refractivity contribution in [3.05, 3.63) is 78.4 Å². The quantitative estimate of drug-likeness (QED) is 0.312. The van der Waals surface area contributed by atoms with Gasteiger partial charge in [0.1, 0.15) is 0 Å². The van der Waals surface area contributed by atoms with Gasteiger partial charge in [0.15, 0.2) is 0 Å². The molecule has 0 aliphatic carbocycles. The van der Waals surface area contributed by atoms with Crippen molar-refractivity contribution < 1.29 is 19.4 Å². The highest BCUT2D eigenvalue weighted by molar-refractivity contribution is 7.66. The Morgan fingerprint density at radius 3 is 2.23 bits per heavy atom. The van der Waals surface area contributed by atoms with Crippen LogP contribution in [0.5, 0.6) is 0 Å². The zero-order chi connectivity index (χ0) is 21.6. The number of benzene rings is 3. The molecule has 3 aromatic carbocycles. The number of carboxylic acid groups (broad SMARTS) is 1. The van der Waals surface area contributed by atoms with Crippen molar-refractivity contribution in [3.63, 3.8) is 0 Å². The van der Waals surface area contributed by atoms with Gasteiger partial charge in [0, 0.05) is 5.30 Å². The van der Waals surface area contributed by atoms with Crippen LogP contribution in [-0.4, -0.2) is 21.6 Å². The van der Waals surface area contributed by atoms with Crippen LogP contribution in [0, 0.1) is 0 Å². The van der Waals surface area contributed by atoms with Gasteiger partial charge in [-0.25, -0.2) is 0 Å². The fourth-order valence-electron chi connectivity index (χ4n) is 4.08. The van der Waals surface area contributed by atoms with Crippen LogP contribution in [-0.2, 0) is 9.36 Å². The van der Waals surface area contributed by atoms with E-state index in [4.69, 9.17) is 0 Å². The highest BCUT2D eigenvalue weighted by Gasteiger charge is 2.42. The highest BCUT2D eigenvalue weighted by atomic mass is 31.2. The van der Waals surface area contributed by atoms with E-state index in [2.05, 4.69) is 6.92 Å². The van der Waals surface area contributed by atoms with Crippen molar-refractivity contribution in [1.82, 2.24) is 0 Å². The summed E-state index contributed by atoms with van der Waals surface area (Å²) in [6.07, 6.45) is 4.13. The molecule has 2 N–H and O–H groups in total. The normalized spacial score (nSPS) is 15.4. The summed E-state index contributed by atoms with van der Waals surface area (Å²) in [4.78, 5) is 23.6. The Kier molecular flexibility index (Phi) is 7.47. The van der Waals surface area contributed by atoms with Gasteiger partial charge >= 0.3 is 5.97 Å². The average molecular weight is 424 g/mol. The molecule has 4 nitrogen and oxygen atoms in total. The number of carbonyl (C=O) groups is 1. The molecule has 3 atom stereocenters. The first-order valence-corrected chi connectivity index (χ1v) is 12.3. The molecule has 3 rings (SSSR count). The lowest BCUT2D eigenvalue weighted by Crippen LogP contribution is -2.30. The molecule has 0 saturated heterocycles. The molecule has 30 heavy (non-hydrogen) atoms. The van der Waals surface area contributed by atoms with Crippen molar-refractivity contribution in [3.8, 4) is 0 Å². The van der Waals surface area contributed by atoms with E-state index in [-0.39, 0.29) is 0 Å². The van der Waals surface area contributed by atoms with E-state index in [0.29, 0.717) is 17.3 Å². The van der Waals surface area contributed by atoms with E-state index >= 15 is 0 Å². The van der Waals surface area contributed by atoms with E-state index in [1.54, 1.807) is 36.4 Å². The first kappa shape index (κ1) is 22.3. The molecule has 0 spiro atoms. The van der Waals surface area contributed by atoms with Gasteiger partial charge in [-0.15, -0.1) is 0 Å². The second-order valence-corrected chi connectivity index (χ2v) is 10.2. The maximum absolute atomic E-state index is 13.8. The van der Waals surface area contributed by atoms with Crippen molar-refractivity contribution >= 4 is 29.4 Å². The smallest absolute Gasteiger partial charge is 0.311 e. The molecule has 0 heterocycles. The van der Waals surface area contributed by atoms with Crippen molar-refractivity contribution in [2.24, 2.45) is 0 Å². The number of hydrogen-bond acceptors (Lipinski definition) is 2. The molecule has 3 unspecified atom stereocenters. The molecule has 0 aromatic heterocycles. The average Bonchev–Trinajstić information content (AvgIpc) is 2.75. The van der Waals surface area contributed by atoms with E-state index in [1.165, 1.54) is 0 Å². The lowest BCUT2D eigenvalue weighted by Gasteiger charge is -2.29. The minimum absolute atomic E-state index is 0.323. The lowest BCUT2D eigenvalue weighted by atomic mass is 9.92. The predicted molar refractivity (Wildman–Crippen MR) is 123 cm³/mol. The summed E-state index contributed by atoms with van der Waals surface area (Å²) < 4.78 is 13.8. The molecule has 158 valence electrons. The van der Waals surface area contributed by atoms with Gasteiger partial charge < -0.3 is 10.00 Å². The molecule has 0 saturated carbocycles. The third kappa shape index (κ3) is 5.00. The molecule has 0 aliphatic rings. The van der Waals surface area contributed by atoms with Gasteiger partial charge in [-0.3, -0.25) is 9.36 Å². The predicted octanol–water partition coefficient (Wildman–Crippen LogP) is 5.94. The number of unbranched alkanes of at least 4 members (excludes halogenated alkanes) is 3. The van der Waals surface area contributed by atoms with Gasteiger partial charge in [-0.1, -0.05) is 93.3 Å². The van der Waals surface area contributed by atoms with Crippen LogP contribution in [0.4, 0.5) is 0 Å². The van der Waals surface area contributed by atoms with E-state index < -0.39 is 24.9 Å². The topological polar surface area (TPSA) is 74.6 Å². The first-order valence-electron chi connectivity index (χ1n) is 10.5. The van der Waals surface area contributed by atoms with Gasteiger partial charge in [-0.05, 0) is 34.9 Å². The number of aliphatic carboxylic acids is 1. The summed E-state index contributed by atoms with van der Waals surface area (Å²) in [5, 5.41) is 12.2. The van der Waals surface area contributed by atoms with Gasteiger partial charge in [0.25, 0.3) is 0 Å². The summed E-state index contributed by atoms with van der Waals surface area (Å²) in [5.41, 5.74) is -0.309. The fraction of sp³-hybridized carbons (Fsp3) is 0.320. The van der Waals surface area contributed by atoms with Gasteiger partial charge in [0.05, 0.1) is 11.6 Å². The fourth-order valence-corrected chi connectivity index (χ4v) is 6.31. The van der Waals surface area contributed by atoms with Crippen LogP contribution >= 0.6 is 7.37 Å². The van der Waals surface area contributed by atoms with Crippen LogP contribution in [0.2, 0.25) is 0 Å². The zero-order valence-corrected chi connectivity index (χ0v) is 18.2. The molecule has 0 fully saturated rings. The summed E-state index contributed by atoms with van der Waals surface area (Å²) in [7, 11) is -3.96. The molecule has 0 radical (unpaired) electrons.